The van der Waals surface area contributed by atoms with E-state index in [2.05, 4.69) is 0 Å². The lowest BCUT2D eigenvalue weighted by molar-refractivity contribution is -0.139. The van der Waals surface area contributed by atoms with Crippen LogP contribution in [0.2, 0.25) is 0 Å². The fourth-order valence-electron chi connectivity index (χ4n) is 2.64. The molecular formula is C20H18F3NO7S. The molecular weight excluding hydrogens is 455 g/mol. The van der Waals surface area contributed by atoms with Gasteiger partial charge in [0, 0.05) is 22.1 Å². The summed E-state index contributed by atoms with van der Waals surface area (Å²) in [6, 6.07) is 4.71. The molecule has 12 heteroatoms. The normalized spacial score (nSPS) is 11.4. The van der Waals surface area contributed by atoms with Crippen molar-refractivity contribution in [3.05, 3.63) is 40.3 Å². The number of amides is 1. The second-order valence-corrected chi connectivity index (χ2v) is 7.35. The Labute approximate surface area is 183 Å². The molecule has 2 aromatic rings. The summed E-state index contributed by atoms with van der Waals surface area (Å²) in [5.41, 5.74) is 1.26. The van der Waals surface area contributed by atoms with Gasteiger partial charge in [0.05, 0.1) is 7.11 Å². The summed E-state index contributed by atoms with van der Waals surface area (Å²) in [7, 11) is 1.37. The number of aliphatic carboxylic acids is 1. The highest BCUT2D eigenvalue weighted by molar-refractivity contribution is 7.18. The van der Waals surface area contributed by atoms with Crippen LogP contribution in [0.4, 0.5) is 13.2 Å². The Balaban J connectivity index is 2.40. The van der Waals surface area contributed by atoms with Crippen LogP contribution in [0, 0.1) is 6.92 Å². The van der Waals surface area contributed by atoms with Crippen molar-refractivity contribution in [1.29, 1.82) is 0 Å². The van der Waals surface area contributed by atoms with Crippen LogP contribution in [0.3, 0.4) is 0 Å². The number of carboxylic acids is 2. The van der Waals surface area contributed by atoms with Gasteiger partial charge in [0.15, 0.2) is 11.5 Å². The van der Waals surface area contributed by atoms with Crippen molar-refractivity contribution in [2.75, 3.05) is 20.3 Å². The van der Waals surface area contributed by atoms with Crippen molar-refractivity contribution >= 4 is 35.3 Å². The first kappa shape index (κ1) is 24.7. The number of halogens is 3. The zero-order chi connectivity index (χ0) is 24.1. The molecule has 0 aliphatic heterocycles. The molecule has 1 heterocycles. The molecule has 2 rings (SSSR count). The van der Waals surface area contributed by atoms with E-state index >= 15 is 0 Å². The highest BCUT2D eigenvalue weighted by Crippen LogP contribution is 2.42. The van der Waals surface area contributed by atoms with Crippen LogP contribution in [0.15, 0.2) is 24.3 Å². The minimum atomic E-state index is -4.54. The Morgan fingerprint density at radius 3 is 2.47 bits per heavy atom. The summed E-state index contributed by atoms with van der Waals surface area (Å²) in [6.07, 6.45) is -2.37. The first-order valence-electron chi connectivity index (χ1n) is 8.85. The average molecular weight is 473 g/mol. The maximum Gasteiger partial charge on any atom is 0.405 e. The molecule has 0 aliphatic carbocycles. The molecule has 1 aromatic heterocycles. The lowest BCUT2D eigenvalue weighted by Crippen LogP contribution is -2.32. The van der Waals surface area contributed by atoms with Crippen molar-refractivity contribution in [3.8, 4) is 21.9 Å². The van der Waals surface area contributed by atoms with E-state index in [0.717, 1.165) is 17.4 Å². The fraction of sp³-hybridized carbons (Fsp3) is 0.250. The minimum absolute atomic E-state index is 0.0701. The third-order valence-corrected chi connectivity index (χ3v) is 5.31. The number of carbonyl (C=O) groups is 3. The van der Waals surface area contributed by atoms with E-state index in [0.29, 0.717) is 27.3 Å². The van der Waals surface area contributed by atoms with Crippen LogP contribution in [-0.2, 0) is 9.59 Å². The van der Waals surface area contributed by atoms with Crippen LogP contribution < -0.4 is 14.8 Å². The molecule has 0 spiro atoms. The SMILES string of the molecule is COc1ccc(-c2sc(C(=O)O)c(OCC(=O)O)c2C)cc1C=CC(=O)NCC(F)(F)F. The smallest absolute Gasteiger partial charge is 0.405 e. The molecule has 3 N–H and O–H groups in total. The van der Waals surface area contributed by atoms with Gasteiger partial charge in [0.2, 0.25) is 5.91 Å². The van der Waals surface area contributed by atoms with Crippen LogP contribution in [0.5, 0.6) is 11.5 Å². The number of aromatic carboxylic acids is 1. The van der Waals surface area contributed by atoms with E-state index in [1.165, 1.54) is 13.2 Å². The number of hydrogen-bond donors (Lipinski definition) is 3. The molecule has 1 amide bonds. The average Bonchev–Trinajstić information content (AvgIpc) is 3.04. The third-order valence-electron chi connectivity index (χ3n) is 3.99. The van der Waals surface area contributed by atoms with E-state index in [4.69, 9.17) is 14.6 Å². The van der Waals surface area contributed by atoms with E-state index < -0.39 is 37.2 Å². The number of methoxy groups -OCH3 is 1. The van der Waals surface area contributed by atoms with Gasteiger partial charge in [-0.1, -0.05) is 0 Å². The topological polar surface area (TPSA) is 122 Å². The first-order valence-corrected chi connectivity index (χ1v) is 9.67. The van der Waals surface area contributed by atoms with Gasteiger partial charge in [0.1, 0.15) is 18.0 Å². The maximum absolute atomic E-state index is 12.2. The lowest BCUT2D eigenvalue weighted by atomic mass is 10.0. The van der Waals surface area contributed by atoms with E-state index in [1.54, 1.807) is 30.4 Å². The van der Waals surface area contributed by atoms with Gasteiger partial charge >= 0.3 is 18.1 Å². The maximum atomic E-state index is 12.2. The number of carbonyl (C=O) groups excluding carboxylic acids is 1. The second-order valence-electron chi connectivity index (χ2n) is 6.33. The molecule has 0 radical (unpaired) electrons. The van der Waals surface area contributed by atoms with Crippen LogP contribution in [0.1, 0.15) is 20.8 Å². The summed E-state index contributed by atoms with van der Waals surface area (Å²) in [4.78, 5) is 34.3. The van der Waals surface area contributed by atoms with Gasteiger partial charge in [-0.25, -0.2) is 9.59 Å². The predicted octanol–water partition coefficient (Wildman–Crippen LogP) is 3.59. The van der Waals surface area contributed by atoms with Crippen molar-refractivity contribution in [1.82, 2.24) is 5.32 Å². The predicted molar refractivity (Wildman–Crippen MR) is 109 cm³/mol. The standard InChI is InChI=1S/C20H18F3NO7S/c1-10-16(31-8-15(26)27)18(19(28)29)32-17(10)12-3-5-13(30-2)11(7-12)4-6-14(25)24-9-20(21,22)23/h3-7H,8-9H2,1-2H3,(H,24,25)(H,26,27)(H,28,29). The fourth-order valence-corrected chi connectivity index (χ4v) is 3.73. The molecule has 0 saturated carbocycles. The van der Waals surface area contributed by atoms with Gasteiger partial charge in [-0.3, -0.25) is 4.79 Å². The molecule has 0 atom stereocenters. The highest BCUT2D eigenvalue weighted by Gasteiger charge is 2.27. The van der Waals surface area contributed by atoms with Gasteiger partial charge in [-0.05, 0) is 36.8 Å². The number of nitrogens with one attached hydrogen (secondary N) is 1. The largest absolute Gasteiger partial charge is 0.496 e. The summed E-state index contributed by atoms with van der Waals surface area (Å²) < 4.78 is 47.0. The zero-order valence-electron chi connectivity index (χ0n) is 16.8. The van der Waals surface area contributed by atoms with Crippen molar-refractivity contribution in [2.24, 2.45) is 0 Å². The second kappa shape index (κ2) is 10.2. The van der Waals surface area contributed by atoms with Crippen molar-refractivity contribution in [3.63, 3.8) is 0 Å². The molecule has 0 fully saturated rings. The van der Waals surface area contributed by atoms with Gasteiger partial charge in [-0.15, -0.1) is 11.3 Å². The molecule has 172 valence electrons. The third kappa shape index (κ3) is 6.48. The molecule has 32 heavy (non-hydrogen) atoms. The zero-order valence-corrected chi connectivity index (χ0v) is 17.6. The number of hydrogen-bond acceptors (Lipinski definition) is 6. The van der Waals surface area contributed by atoms with Gasteiger partial charge in [-0.2, -0.15) is 13.2 Å². The summed E-state index contributed by atoms with van der Waals surface area (Å²) in [6.45, 7) is -0.625. The number of benzene rings is 1. The van der Waals surface area contributed by atoms with Crippen LogP contribution in [0.25, 0.3) is 16.5 Å². The summed E-state index contributed by atoms with van der Waals surface area (Å²) in [5.74, 6) is -3.27. The Hall–Kier alpha value is -3.54. The van der Waals surface area contributed by atoms with Gasteiger partial charge < -0.3 is 25.0 Å². The Morgan fingerprint density at radius 1 is 1.22 bits per heavy atom. The van der Waals surface area contributed by atoms with Crippen LogP contribution >= 0.6 is 11.3 Å². The quantitative estimate of drug-likeness (QED) is 0.476. The Kier molecular flexibility index (Phi) is 7.87. The molecule has 8 nitrogen and oxygen atoms in total. The summed E-state index contributed by atoms with van der Waals surface area (Å²) >= 11 is 0.870. The monoisotopic (exact) mass is 473 g/mol. The number of carboxylic acid groups (broad SMARTS) is 2. The van der Waals surface area contributed by atoms with E-state index in [1.807, 2.05) is 0 Å². The van der Waals surface area contributed by atoms with Crippen LogP contribution in [-0.4, -0.2) is 54.5 Å². The van der Waals surface area contributed by atoms with Crippen molar-refractivity contribution < 1.29 is 47.2 Å². The molecule has 0 bridgehead atoms. The minimum Gasteiger partial charge on any atom is -0.496 e. The van der Waals surface area contributed by atoms with E-state index in [9.17, 15) is 32.7 Å². The Morgan fingerprint density at radius 2 is 1.91 bits per heavy atom. The highest BCUT2D eigenvalue weighted by atomic mass is 32.1. The first-order chi connectivity index (χ1) is 14.9. The molecule has 0 unspecified atom stereocenters. The lowest BCUT2D eigenvalue weighted by Gasteiger charge is -2.09. The molecule has 0 saturated heterocycles. The Bertz CT molecular complexity index is 1060. The van der Waals surface area contributed by atoms with Crippen molar-refractivity contribution in [2.45, 2.75) is 13.1 Å². The number of ether oxygens (including phenoxy) is 2. The number of rotatable bonds is 9. The van der Waals surface area contributed by atoms with Gasteiger partial charge in [0.25, 0.3) is 0 Å². The summed E-state index contributed by atoms with van der Waals surface area (Å²) in [5, 5.41) is 20.0. The van der Waals surface area contributed by atoms with E-state index in [-0.39, 0.29) is 10.6 Å². The number of thiophene rings is 1. The number of alkyl halides is 3. The molecule has 0 aliphatic rings. The molecule has 1 aromatic carbocycles.